The van der Waals surface area contributed by atoms with Crippen molar-refractivity contribution in [3.8, 4) is 0 Å². The molecule has 22 heavy (non-hydrogen) atoms. The quantitative estimate of drug-likeness (QED) is 0.687. The zero-order valence-electron chi connectivity index (χ0n) is 12.2. The van der Waals surface area contributed by atoms with E-state index in [9.17, 15) is 18.3 Å². The Bertz CT molecular complexity index is 602. The van der Waals surface area contributed by atoms with Crippen LogP contribution in [-0.2, 0) is 14.6 Å². The molecule has 7 heteroatoms. The number of sulfone groups is 1. The summed E-state index contributed by atoms with van der Waals surface area (Å²) in [7, 11) is -3.47. The van der Waals surface area contributed by atoms with Crippen molar-refractivity contribution in [3.63, 3.8) is 0 Å². The van der Waals surface area contributed by atoms with Crippen LogP contribution >= 0.6 is 0 Å². The third-order valence-corrected chi connectivity index (χ3v) is 5.69. The molecule has 1 aromatic rings. The standard InChI is InChI=1S/C15H21NO5S/c17-10-11-8-12(9-14(11)18)16-15(19)6-7-22(20,21)13-4-2-1-3-5-13/h1-5,11-12,14,17-18H,6-10H2,(H,16,19)/t11-,12+,14-/m1/s1. The summed E-state index contributed by atoms with van der Waals surface area (Å²) in [5, 5.41) is 21.5. The van der Waals surface area contributed by atoms with Gasteiger partial charge in [-0.05, 0) is 25.0 Å². The van der Waals surface area contributed by atoms with E-state index in [1.807, 2.05) is 0 Å². The summed E-state index contributed by atoms with van der Waals surface area (Å²) in [5.41, 5.74) is 0. The van der Waals surface area contributed by atoms with E-state index in [0.29, 0.717) is 12.8 Å². The normalized spacial score (nSPS) is 25.1. The number of benzene rings is 1. The highest BCUT2D eigenvalue weighted by Gasteiger charge is 2.33. The van der Waals surface area contributed by atoms with Crippen LogP contribution in [0.25, 0.3) is 0 Å². The predicted octanol–water partition coefficient (Wildman–Crippen LogP) is 0.0984. The average molecular weight is 327 g/mol. The molecule has 3 N–H and O–H groups in total. The van der Waals surface area contributed by atoms with Gasteiger partial charge in [-0.25, -0.2) is 8.42 Å². The van der Waals surface area contributed by atoms with Crippen molar-refractivity contribution >= 4 is 15.7 Å². The van der Waals surface area contributed by atoms with Crippen LogP contribution in [0.4, 0.5) is 0 Å². The Labute approximate surface area is 130 Å². The van der Waals surface area contributed by atoms with Gasteiger partial charge in [-0.3, -0.25) is 4.79 Å². The number of hydrogen-bond acceptors (Lipinski definition) is 5. The van der Waals surface area contributed by atoms with Gasteiger partial charge in [0, 0.05) is 25.0 Å². The van der Waals surface area contributed by atoms with Gasteiger partial charge in [-0.15, -0.1) is 0 Å². The van der Waals surface area contributed by atoms with Crippen LogP contribution in [-0.4, -0.2) is 49.0 Å². The van der Waals surface area contributed by atoms with Crippen LogP contribution in [0.15, 0.2) is 35.2 Å². The number of nitrogens with one attached hydrogen (secondary N) is 1. The fourth-order valence-electron chi connectivity index (χ4n) is 2.69. The lowest BCUT2D eigenvalue weighted by molar-refractivity contribution is -0.121. The highest BCUT2D eigenvalue weighted by molar-refractivity contribution is 7.91. The molecule has 1 fully saturated rings. The van der Waals surface area contributed by atoms with Gasteiger partial charge in [0.15, 0.2) is 9.84 Å². The Hall–Kier alpha value is -1.44. The monoisotopic (exact) mass is 327 g/mol. The maximum absolute atomic E-state index is 12.1. The van der Waals surface area contributed by atoms with E-state index in [-0.39, 0.29) is 41.5 Å². The van der Waals surface area contributed by atoms with E-state index in [4.69, 9.17) is 5.11 Å². The number of amides is 1. The van der Waals surface area contributed by atoms with Crippen molar-refractivity contribution in [1.29, 1.82) is 0 Å². The molecule has 0 saturated heterocycles. The zero-order chi connectivity index (χ0) is 16.2. The topological polar surface area (TPSA) is 104 Å². The minimum Gasteiger partial charge on any atom is -0.396 e. The van der Waals surface area contributed by atoms with Gasteiger partial charge in [0.25, 0.3) is 0 Å². The predicted molar refractivity (Wildman–Crippen MR) is 80.9 cm³/mol. The van der Waals surface area contributed by atoms with Crippen LogP contribution in [0.1, 0.15) is 19.3 Å². The van der Waals surface area contributed by atoms with Crippen molar-refractivity contribution in [1.82, 2.24) is 5.32 Å². The first kappa shape index (κ1) is 16.9. The van der Waals surface area contributed by atoms with Crippen molar-refractivity contribution < 1.29 is 23.4 Å². The highest BCUT2D eigenvalue weighted by Crippen LogP contribution is 2.25. The summed E-state index contributed by atoms with van der Waals surface area (Å²) in [4.78, 5) is 12.1. The molecule has 1 amide bonds. The summed E-state index contributed by atoms with van der Waals surface area (Å²) in [6.45, 7) is -0.115. The molecule has 0 unspecified atom stereocenters. The third kappa shape index (κ3) is 4.28. The zero-order valence-corrected chi connectivity index (χ0v) is 13.0. The van der Waals surface area contributed by atoms with Crippen molar-refractivity contribution in [2.45, 2.75) is 36.3 Å². The van der Waals surface area contributed by atoms with E-state index in [1.54, 1.807) is 18.2 Å². The van der Waals surface area contributed by atoms with Crippen LogP contribution in [0.5, 0.6) is 0 Å². The number of aliphatic hydroxyl groups is 2. The van der Waals surface area contributed by atoms with Gasteiger partial charge in [0.05, 0.1) is 16.8 Å². The first-order chi connectivity index (χ1) is 10.4. The number of carbonyl (C=O) groups is 1. The van der Waals surface area contributed by atoms with Gasteiger partial charge >= 0.3 is 0 Å². The molecule has 0 aromatic heterocycles. The molecule has 0 radical (unpaired) electrons. The van der Waals surface area contributed by atoms with Crippen molar-refractivity contribution in [2.75, 3.05) is 12.4 Å². The van der Waals surface area contributed by atoms with Crippen LogP contribution < -0.4 is 5.32 Å². The molecule has 2 rings (SSSR count). The second-order valence-corrected chi connectivity index (χ2v) is 7.74. The van der Waals surface area contributed by atoms with E-state index < -0.39 is 15.9 Å². The average Bonchev–Trinajstić information content (AvgIpc) is 2.86. The van der Waals surface area contributed by atoms with Crippen LogP contribution in [0, 0.1) is 5.92 Å². The van der Waals surface area contributed by atoms with Gasteiger partial charge < -0.3 is 15.5 Å². The summed E-state index contributed by atoms with van der Waals surface area (Å²) in [5.74, 6) is -0.824. The molecule has 0 heterocycles. The second kappa shape index (κ2) is 7.21. The minimum absolute atomic E-state index is 0.115. The van der Waals surface area contributed by atoms with Gasteiger partial charge in [0.2, 0.25) is 5.91 Å². The molecule has 6 nitrogen and oxygen atoms in total. The molecule has 122 valence electrons. The number of rotatable bonds is 6. The largest absolute Gasteiger partial charge is 0.396 e. The Balaban J connectivity index is 1.84. The summed E-state index contributed by atoms with van der Waals surface area (Å²) in [6.07, 6.45) is 0.161. The summed E-state index contributed by atoms with van der Waals surface area (Å²) in [6, 6.07) is 7.82. The summed E-state index contributed by atoms with van der Waals surface area (Å²) < 4.78 is 24.1. The Morgan fingerprint density at radius 2 is 1.91 bits per heavy atom. The van der Waals surface area contributed by atoms with Crippen LogP contribution in [0.2, 0.25) is 0 Å². The fraction of sp³-hybridized carbons (Fsp3) is 0.533. The highest BCUT2D eigenvalue weighted by atomic mass is 32.2. The molecular weight excluding hydrogens is 306 g/mol. The van der Waals surface area contributed by atoms with E-state index in [1.165, 1.54) is 12.1 Å². The fourth-order valence-corrected chi connectivity index (χ4v) is 3.95. The number of hydrogen-bond donors (Lipinski definition) is 3. The van der Waals surface area contributed by atoms with Gasteiger partial charge in [0.1, 0.15) is 0 Å². The first-order valence-corrected chi connectivity index (χ1v) is 8.93. The van der Waals surface area contributed by atoms with E-state index in [2.05, 4.69) is 5.32 Å². The lowest BCUT2D eigenvalue weighted by Crippen LogP contribution is -2.34. The van der Waals surface area contributed by atoms with Gasteiger partial charge in [-0.1, -0.05) is 18.2 Å². The first-order valence-electron chi connectivity index (χ1n) is 7.28. The van der Waals surface area contributed by atoms with Crippen LogP contribution in [0.3, 0.4) is 0 Å². The third-order valence-electron chi connectivity index (χ3n) is 3.96. The number of aliphatic hydroxyl groups excluding tert-OH is 2. The molecule has 1 aliphatic rings. The van der Waals surface area contributed by atoms with E-state index >= 15 is 0 Å². The second-order valence-electron chi connectivity index (χ2n) is 5.63. The molecule has 1 aliphatic carbocycles. The Morgan fingerprint density at radius 1 is 1.23 bits per heavy atom. The van der Waals surface area contributed by atoms with E-state index in [0.717, 1.165) is 0 Å². The minimum atomic E-state index is -3.47. The lowest BCUT2D eigenvalue weighted by Gasteiger charge is -2.12. The molecule has 0 spiro atoms. The molecule has 1 saturated carbocycles. The Kier molecular flexibility index (Phi) is 5.55. The SMILES string of the molecule is O=C(CCS(=O)(=O)c1ccccc1)N[C@H]1C[C@H](CO)[C@H](O)C1. The van der Waals surface area contributed by atoms with Crippen molar-refractivity contribution in [3.05, 3.63) is 30.3 Å². The molecular formula is C15H21NO5S. The van der Waals surface area contributed by atoms with Gasteiger partial charge in [-0.2, -0.15) is 0 Å². The Morgan fingerprint density at radius 3 is 2.50 bits per heavy atom. The molecule has 1 aromatic carbocycles. The molecule has 0 bridgehead atoms. The maximum atomic E-state index is 12.1. The summed E-state index contributed by atoms with van der Waals surface area (Å²) >= 11 is 0. The number of carbonyl (C=O) groups excluding carboxylic acids is 1. The smallest absolute Gasteiger partial charge is 0.221 e. The molecule has 0 aliphatic heterocycles. The molecule has 3 atom stereocenters. The lowest BCUT2D eigenvalue weighted by atomic mass is 10.1. The maximum Gasteiger partial charge on any atom is 0.221 e. The van der Waals surface area contributed by atoms with Crippen molar-refractivity contribution in [2.24, 2.45) is 5.92 Å².